The Morgan fingerprint density at radius 1 is 0.969 bits per heavy atom. The zero-order chi connectivity index (χ0) is 23.1. The van der Waals surface area contributed by atoms with E-state index >= 15 is 0 Å². The molecule has 0 aliphatic heterocycles. The normalized spacial score (nSPS) is 11.2. The number of hydrogen-bond donors (Lipinski definition) is 1. The van der Waals surface area contributed by atoms with Gasteiger partial charge in [-0.25, -0.2) is 12.8 Å². The highest BCUT2D eigenvalue weighted by Gasteiger charge is 2.27. The maximum absolute atomic E-state index is 13.3. The number of anilines is 1. The van der Waals surface area contributed by atoms with Crippen LogP contribution in [-0.2, 0) is 21.4 Å². The van der Waals surface area contributed by atoms with Gasteiger partial charge in [-0.3, -0.25) is 4.79 Å². The molecule has 0 saturated carbocycles. The Morgan fingerprint density at radius 3 is 2.28 bits per heavy atom. The van der Waals surface area contributed by atoms with Gasteiger partial charge in [0.25, 0.3) is 0 Å². The molecule has 0 bridgehead atoms. The van der Waals surface area contributed by atoms with Crippen LogP contribution in [0.5, 0.6) is 11.5 Å². The summed E-state index contributed by atoms with van der Waals surface area (Å²) in [5, 5.41) is 2.68. The molecule has 0 spiro atoms. The van der Waals surface area contributed by atoms with E-state index in [0.717, 1.165) is 16.4 Å². The van der Waals surface area contributed by atoms with E-state index in [0.29, 0.717) is 22.7 Å². The fraction of sp³-hybridized carbons (Fsp3) is 0.174. The first-order valence-electron chi connectivity index (χ1n) is 9.65. The molecule has 168 valence electrons. The SMILES string of the molecule is COc1ccc(NC(=O)CN(Cc2ccccc2)S(=O)(=O)c2ccc(F)cc2)c(OC)c1. The number of nitrogens with one attached hydrogen (secondary N) is 1. The van der Waals surface area contributed by atoms with Crippen LogP contribution in [0.15, 0.2) is 77.7 Å². The monoisotopic (exact) mass is 458 g/mol. The number of carbonyl (C=O) groups is 1. The van der Waals surface area contributed by atoms with Gasteiger partial charge in [-0.2, -0.15) is 4.31 Å². The lowest BCUT2D eigenvalue weighted by molar-refractivity contribution is -0.116. The molecule has 3 aromatic carbocycles. The second-order valence-electron chi connectivity index (χ2n) is 6.83. The van der Waals surface area contributed by atoms with Crippen molar-refractivity contribution < 1.29 is 27.1 Å². The number of amides is 1. The first kappa shape index (κ1) is 23.2. The fourth-order valence-electron chi connectivity index (χ4n) is 3.02. The molecule has 7 nitrogen and oxygen atoms in total. The summed E-state index contributed by atoms with van der Waals surface area (Å²) in [6.45, 7) is -0.489. The fourth-order valence-corrected chi connectivity index (χ4v) is 4.40. The molecule has 0 fully saturated rings. The number of nitrogens with zero attached hydrogens (tertiary/aromatic N) is 1. The van der Waals surface area contributed by atoms with E-state index < -0.39 is 28.3 Å². The van der Waals surface area contributed by atoms with E-state index in [9.17, 15) is 17.6 Å². The highest BCUT2D eigenvalue weighted by molar-refractivity contribution is 7.89. The van der Waals surface area contributed by atoms with Gasteiger partial charge in [0.05, 0.1) is 31.3 Å². The van der Waals surface area contributed by atoms with Gasteiger partial charge in [-0.05, 0) is 42.0 Å². The van der Waals surface area contributed by atoms with Crippen molar-refractivity contribution in [2.75, 3.05) is 26.1 Å². The van der Waals surface area contributed by atoms with Crippen molar-refractivity contribution >= 4 is 21.6 Å². The Morgan fingerprint density at radius 2 is 1.66 bits per heavy atom. The summed E-state index contributed by atoms with van der Waals surface area (Å²) >= 11 is 0. The first-order chi connectivity index (χ1) is 15.3. The standard InChI is InChI=1S/C23H23FN2O5S/c1-30-19-10-13-21(22(14-19)31-2)25-23(27)16-26(15-17-6-4-3-5-7-17)32(28,29)20-11-8-18(24)9-12-20/h3-14H,15-16H2,1-2H3,(H,25,27). The van der Waals surface area contributed by atoms with E-state index in [4.69, 9.17) is 9.47 Å². The van der Waals surface area contributed by atoms with Crippen molar-refractivity contribution in [2.45, 2.75) is 11.4 Å². The minimum Gasteiger partial charge on any atom is -0.497 e. The van der Waals surface area contributed by atoms with E-state index in [1.165, 1.54) is 26.4 Å². The third-order valence-electron chi connectivity index (χ3n) is 4.66. The van der Waals surface area contributed by atoms with Crippen LogP contribution >= 0.6 is 0 Å². The molecule has 0 radical (unpaired) electrons. The van der Waals surface area contributed by atoms with Gasteiger partial charge < -0.3 is 14.8 Å². The average Bonchev–Trinajstić information content (AvgIpc) is 2.80. The lowest BCUT2D eigenvalue weighted by atomic mass is 10.2. The van der Waals surface area contributed by atoms with Crippen molar-refractivity contribution in [1.29, 1.82) is 0 Å². The summed E-state index contributed by atoms with van der Waals surface area (Å²) in [4.78, 5) is 12.7. The number of carbonyl (C=O) groups excluding carboxylic acids is 1. The van der Waals surface area contributed by atoms with Crippen molar-refractivity contribution in [3.63, 3.8) is 0 Å². The van der Waals surface area contributed by atoms with Gasteiger partial charge >= 0.3 is 0 Å². The molecular weight excluding hydrogens is 435 g/mol. The third-order valence-corrected chi connectivity index (χ3v) is 6.46. The van der Waals surface area contributed by atoms with Crippen LogP contribution in [0, 0.1) is 5.82 Å². The smallest absolute Gasteiger partial charge is 0.243 e. The number of hydrogen-bond acceptors (Lipinski definition) is 5. The van der Waals surface area contributed by atoms with Crippen molar-refractivity contribution in [2.24, 2.45) is 0 Å². The second-order valence-corrected chi connectivity index (χ2v) is 8.76. The Hall–Kier alpha value is -3.43. The van der Waals surface area contributed by atoms with Crippen LogP contribution in [0.4, 0.5) is 10.1 Å². The number of halogens is 1. The Balaban J connectivity index is 1.87. The summed E-state index contributed by atoms with van der Waals surface area (Å²) < 4.78 is 51.2. The predicted octanol–water partition coefficient (Wildman–Crippen LogP) is 3.67. The average molecular weight is 459 g/mol. The van der Waals surface area contributed by atoms with Crippen LogP contribution in [0.25, 0.3) is 0 Å². The van der Waals surface area contributed by atoms with E-state index in [-0.39, 0.29) is 11.4 Å². The number of methoxy groups -OCH3 is 2. The molecule has 0 aromatic heterocycles. The van der Waals surface area contributed by atoms with Crippen LogP contribution in [0.3, 0.4) is 0 Å². The predicted molar refractivity (Wildman–Crippen MR) is 119 cm³/mol. The first-order valence-corrected chi connectivity index (χ1v) is 11.1. The molecule has 0 saturated heterocycles. The molecule has 0 unspecified atom stereocenters. The summed E-state index contributed by atoms with van der Waals surface area (Å²) in [5.41, 5.74) is 1.07. The molecule has 3 rings (SSSR count). The van der Waals surface area contributed by atoms with Crippen molar-refractivity contribution in [3.8, 4) is 11.5 Å². The van der Waals surface area contributed by atoms with Gasteiger partial charge in [-0.1, -0.05) is 30.3 Å². The van der Waals surface area contributed by atoms with Gasteiger partial charge in [0, 0.05) is 12.6 Å². The highest BCUT2D eigenvalue weighted by Crippen LogP contribution is 2.29. The zero-order valence-corrected chi connectivity index (χ0v) is 18.4. The summed E-state index contributed by atoms with van der Waals surface area (Å²) in [6.07, 6.45) is 0. The summed E-state index contributed by atoms with van der Waals surface area (Å²) in [6, 6.07) is 18.2. The molecule has 3 aromatic rings. The van der Waals surface area contributed by atoms with Gasteiger partial charge in [0.2, 0.25) is 15.9 Å². The van der Waals surface area contributed by atoms with E-state index in [1.807, 2.05) is 6.07 Å². The lowest BCUT2D eigenvalue weighted by Gasteiger charge is -2.22. The summed E-state index contributed by atoms with van der Waals surface area (Å²) in [7, 11) is -1.12. The molecule has 0 heterocycles. The van der Waals surface area contributed by atoms with Crippen LogP contribution in [0.1, 0.15) is 5.56 Å². The number of rotatable bonds is 9. The van der Waals surface area contributed by atoms with Gasteiger partial charge in [-0.15, -0.1) is 0 Å². The third kappa shape index (κ3) is 5.63. The zero-order valence-electron chi connectivity index (χ0n) is 17.6. The maximum Gasteiger partial charge on any atom is 0.243 e. The molecule has 0 atom stereocenters. The molecule has 0 aliphatic carbocycles. The van der Waals surface area contributed by atoms with E-state index in [2.05, 4.69) is 5.32 Å². The topological polar surface area (TPSA) is 84.9 Å². The molecule has 1 N–H and O–H groups in total. The van der Waals surface area contributed by atoms with Crippen molar-refractivity contribution in [1.82, 2.24) is 4.31 Å². The van der Waals surface area contributed by atoms with Crippen molar-refractivity contribution in [3.05, 3.63) is 84.2 Å². The minimum absolute atomic E-state index is 0.0340. The van der Waals surface area contributed by atoms with Crippen LogP contribution in [-0.4, -0.2) is 39.4 Å². The number of benzene rings is 3. The largest absolute Gasteiger partial charge is 0.497 e. The molecule has 9 heteroatoms. The molecular formula is C23H23FN2O5S. The van der Waals surface area contributed by atoms with Gasteiger partial charge in [0.15, 0.2) is 0 Å². The molecule has 32 heavy (non-hydrogen) atoms. The highest BCUT2D eigenvalue weighted by atomic mass is 32.2. The maximum atomic E-state index is 13.3. The molecule has 1 amide bonds. The van der Waals surface area contributed by atoms with E-state index in [1.54, 1.807) is 42.5 Å². The van der Waals surface area contributed by atoms with Crippen LogP contribution < -0.4 is 14.8 Å². The van der Waals surface area contributed by atoms with Crippen LogP contribution in [0.2, 0.25) is 0 Å². The quantitative estimate of drug-likeness (QED) is 0.529. The Kier molecular flexibility index (Phi) is 7.45. The Bertz CT molecular complexity index is 1170. The summed E-state index contributed by atoms with van der Waals surface area (Å²) in [5.74, 6) is -0.198. The minimum atomic E-state index is -4.08. The Labute approximate surface area is 186 Å². The molecule has 0 aliphatic rings. The second kappa shape index (κ2) is 10.3. The van der Waals surface area contributed by atoms with Gasteiger partial charge in [0.1, 0.15) is 17.3 Å². The number of ether oxygens (including phenoxy) is 2. The number of sulfonamides is 1. The lowest BCUT2D eigenvalue weighted by Crippen LogP contribution is -2.37.